The molecular formula is C8H13N4O3S+. The maximum atomic E-state index is 8.47. The number of guanidine groups is 1. The number of nitrogens with two attached hydrogens (primary N) is 2. The second-order valence-electron chi connectivity index (χ2n) is 2.49. The molecule has 7 nitrogen and oxygen atoms in total. The second kappa shape index (κ2) is 7.35. The van der Waals surface area contributed by atoms with Gasteiger partial charge in [-0.15, -0.1) is 11.8 Å². The van der Waals surface area contributed by atoms with Gasteiger partial charge in [-0.3, -0.25) is 0 Å². The van der Waals surface area contributed by atoms with Crippen LogP contribution in [0.4, 0.5) is 5.69 Å². The van der Waals surface area contributed by atoms with Crippen molar-refractivity contribution >= 4 is 23.4 Å². The summed E-state index contributed by atoms with van der Waals surface area (Å²) in [6.07, 6.45) is 2.02. The van der Waals surface area contributed by atoms with Gasteiger partial charge in [-0.05, 0) is 30.5 Å². The maximum absolute atomic E-state index is 8.47. The molecule has 0 amide bonds. The molecule has 0 atom stereocenters. The lowest BCUT2D eigenvalue weighted by Crippen LogP contribution is -2.21. The minimum atomic E-state index is -1.25. The van der Waals surface area contributed by atoms with Gasteiger partial charge in [-0.1, -0.05) is 0 Å². The Morgan fingerprint density at radius 2 is 1.75 bits per heavy atom. The standard InChI is InChI=1S/C8H11N3S.H2NO3/c1-12-7-4-2-6(3-5-7)11-8(9)10;2-1(3)4/h2-5H,1H3,(H4,9,10,11);(H2,2,3,4)/q;+1. The first-order valence-corrected chi connectivity index (χ1v) is 5.27. The van der Waals surface area contributed by atoms with Crippen molar-refractivity contribution in [3.05, 3.63) is 29.2 Å². The summed E-state index contributed by atoms with van der Waals surface area (Å²) < 4.78 is 0. The van der Waals surface area contributed by atoms with Crippen LogP contribution in [0.3, 0.4) is 0 Å². The van der Waals surface area contributed by atoms with Crippen LogP contribution in [-0.2, 0) is 0 Å². The van der Waals surface area contributed by atoms with Crippen molar-refractivity contribution < 1.29 is 15.5 Å². The van der Waals surface area contributed by atoms with E-state index in [2.05, 4.69) is 4.99 Å². The molecule has 0 fully saturated rings. The average molecular weight is 245 g/mol. The summed E-state index contributed by atoms with van der Waals surface area (Å²) in [5.41, 5.74) is 11.2. The molecular weight excluding hydrogens is 232 g/mol. The van der Waals surface area contributed by atoms with Crippen molar-refractivity contribution in [1.82, 2.24) is 0 Å². The summed E-state index contributed by atoms with van der Waals surface area (Å²) in [5, 5.41) is 12.5. The summed E-state index contributed by atoms with van der Waals surface area (Å²) in [6, 6.07) is 7.72. The first-order valence-electron chi connectivity index (χ1n) is 4.04. The van der Waals surface area contributed by atoms with E-state index >= 15 is 0 Å². The van der Waals surface area contributed by atoms with E-state index in [1.165, 1.54) is 4.90 Å². The van der Waals surface area contributed by atoms with Gasteiger partial charge in [-0.25, -0.2) is 15.4 Å². The summed E-state index contributed by atoms with van der Waals surface area (Å²) >= 11 is 1.69. The predicted octanol–water partition coefficient (Wildman–Crippen LogP) is 0.857. The third-order valence-electron chi connectivity index (χ3n) is 1.33. The molecule has 6 N–H and O–H groups in total. The first kappa shape index (κ1) is 14.0. The van der Waals surface area contributed by atoms with E-state index in [9.17, 15) is 0 Å². The molecule has 0 bridgehead atoms. The van der Waals surface area contributed by atoms with Crippen molar-refractivity contribution in [2.45, 2.75) is 4.90 Å². The molecule has 1 aromatic carbocycles. The molecule has 8 heteroatoms. The van der Waals surface area contributed by atoms with Gasteiger partial charge in [0.1, 0.15) is 4.91 Å². The van der Waals surface area contributed by atoms with Crippen LogP contribution in [0.2, 0.25) is 0 Å². The van der Waals surface area contributed by atoms with Gasteiger partial charge in [0, 0.05) is 4.90 Å². The molecule has 1 aromatic rings. The van der Waals surface area contributed by atoms with Crippen LogP contribution >= 0.6 is 11.8 Å². The topological polar surface area (TPSA) is 125 Å². The molecule has 16 heavy (non-hydrogen) atoms. The number of nitrogens with zero attached hydrogens (tertiary/aromatic N) is 2. The SMILES string of the molecule is CSc1ccc(N=C(N)N)cc1.O=[N+](O)O. The van der Waals surface area contributed by atoms with Crippen molar-refractivity contribution in [3.63, 3.8) is 0 Å². The van der Waals surface area contributed by atoms with Crippen molar-refractivity contribution in [1.29, 1.82) is 0 Å². The quantitative estimate of drug-likeness (QED) is 0.265. The zero-order valence-electron chi connectivity index (χ0n) is 8.57. The molecule has 0 aliphatic rings. The van der Waals surface area contributed by atoms with Crippen LogP contribution < -0.4 is 11.5 Å². The first-order chi connectivity index (χ1) is 7.45. The van der Waals surface area contributed by atoms with E-state index in [1.54, 1.807) is 11.8 Å². The van der Waals surface area contributed by atoms with Crippen LogP contribution in [0.1, 0.15) is 0 Å². The fourth-order valence-electron chi connectivity index (χ4n) is 0.806. The van der Waals surface area contributed by atoms with Gasteiger partial charge in [-0.2, -0.15) is 0 Å². The zero-order valence-corrected chi connectivity index (χ0v) is 9.39. The highest BCUT2D eigenvalue weighted by molar-refractivity contribution is 7.98. The number of thioether (sulfide) groups is 1. The maximum Gasteiger partial charge on any atom is 0.472 e. The summed E-state index contributed by atoms with van der Waals surface area (Å²) in [4.78, 5) is 13.6. The molecule has 0 aliphatic carbocycles. The monoisotopic (exact) mass is 245 g/mol. The highest BCUT2D eigenvalue weighted by Crippen LogP contribution is 2.18. The van der Waals surface area contributed by atoms with Gasteiger partial charge in [0.2, 0.25) is 0 Å². The van der Waals surface area contributed by atoms with E-state index in [-0.39, 0.29) is 5.96 Å². The predicted molar refractivity (Wildman–Crippen MR) is 60.9 cm³/mol. The molecule has 0 heterocycles. The van der Waals surface area contributed by atoms with Crippen LogP contribution in [0, 0.1) is 4.91 Å². The van der Waals surface area contributed by atoms with Crippen LogP contribution in [0.25, 0.3) is 0 Å². The van der Waals surface area contributed by atoms with E-state index in [4.69, 9.17) is 26.8 Å². The van der Waals surface area contributed by atoms with Crippen LogP contribution in [-0.4, -0.2) is 27.7 Å². The molecule has 0 aliphatic heterocycles. The Kier molecular flexibility index (Phi) is 6.45. The molecule has 1 rings (SSSR count). The fraction of sp³-hybridized carbons (Fsp3) is 0.125. The number of hydrogen-bond donors (Lipinski definition) is 4. The molecule has 0 aromatic heterocycles. The normalized spacial score (nSPS) is 8.56. The highest BCUT2D eigenvalue weighted by Gasteiger charge is 1.90. The molecule has 88 valence electrons. The number of aliphatic imine (C=N–C) groups is 1. The van der Waals surface area contributed by atoms with E-state index in [1.807, 2.05) is 30.5 Å². The summed E-state index contributed by atoms with van der Waals surface area (Å²) in [7, 11) is 0. The fourth-order valence-corrected chi connectivity index (χ4v) is 1.21. The van der Waals surface area contributed by atoms with Gasteiger partial charge >= 0.3 is 5.09 Å². The van der Waals surface area contributed by atoms with Crippen molar-refractivity contribution in [2.75, 3.05) is 6.26 Å². The highest BCUT2D eigenvalue weighted by atomic mass is 32.2. The van der Waals surface area contributed by atoms with Crippen LogP contribution in [0.5, 0.6) is 0 Å². The van der Waals surface area contributed by atoms with E-state index < -0.39 is 5.09 Å². The van der Waals surface area contributed by atoms with Crippen molar-refractivity contribution in [2.24, 2.45) is 16.5 Å². The van der Waals surface area contributed by atoms with E-state index in [0.717, 1.165) is 5.69 Å². The molecule has 0 saturated heterocycles. The van der Waals surface area contributed by atoms with Crippen LogP contribution in [0.15, 0.2) is 34.2 Å². The Morgan fingerprint density at radius 3 is 2.06 bits per heavy atom. The van der Waals surface area contributed by atoms with Gasteiger partial charge in [0.25, 0.3) is 0 Å². The molecule has 0 spiro atoms. The minimum absolute atomic E-state index is 0.0897. The van der Waals surface area contributed by atoms with Gasteiger partial charge < -0.3 is 11.5 Å². The average Bonchev–Trinajstić information content (AvgIpc) is 2.17. The number of rotatable bonds is 2. The Balaban J connectivity index is 0.000000487. The summed E-state index contributed by atoms with van der Waals surface area (Å²) in [5.74, 6) is 0.0897. The lowest BCUT2D eigenvalue weighted by atomic mass is 10.3. The second-order valence-corrected chi connectivity index (χ2v) is 3.37. The minimum Gasteiger partial charge on any atom is -0.370 e. The van der Waals surface area contributed by atoms with Gasteiger partial charge in [0.15, 0.2) is 5.96 Å². The Hall–Kier alpha value is -1.96. The third kappa shape index (κ3) is 7.44. The number of hydrogen-bond acceptors (Lipinski definition) is 3. The number of benzene rings is 1. The van der Waals surface area contributed by atoms with E-state index in [0.29, 0.717) is 0 Å². The largest absolute Gasteiger partial charge is 0.472 e. The molecule has 0 unspecified atom stereocenters. The lowest BCUT2D eigenvalue weighted by molar-refractivity contribution is -0.969. The Morgan fingerprint density at radius 1 is 1.31 bits per heavy atom. The zero-order chi connectivity index (χ0) is 12.6. The Labute approximate surface area is 96.3 Å². The van der Waals surface area contributed by atoms with Gasteiger partial charge in [0.05, 0.1) is 5.69 Å². The summed E-state index contributed by atoms with van der Waals surface area (Å²) in [6.45, 7) is 0. The smallest absolute Gasteiger partial charge is 0.370 e. The Bertz CT molecular complexity index is 358. The lowest BCUT2D eigenvalue weighted by Gasteiger charge is -1.96. The molecule has 0 radical (unpaired) electrons. The third-order valence-corrected chi connectivity index (χ3v) is 2.07. The van der Waals surface area contributed by atoms with Crippen molar-refractivity contribution in [3.8, 4) is 0 Å². The molecule has 0 saturated carbocycles.